The van der Waals surface area contributed by atoms with Gasteiger partial charge in [0.15, 0.2) is 0 Å². The summed E-state index contributed by atoms with van der Waals surface area (Å²) < 4.78 is 11.8. The Kier molecular flexibility index (Phi) is 5.25. The second-order valence-corrected chi connectivity index (χ2v) is 7.38. The van der Waals surface area contributed by atoms with E-state index in [1.165, 1.54) is 0 Å². The lowest BCUT2D eigenvalue weighted by Crippen LogP contribution is -2.54. The summed E-state index contributed by atoms with van der Waals surface area (Å²) >= 11 is 0. The van der Waals surface area contributed by atoms with Crippen LogP contribution >= 0.6 is 0 Å². The van der Waals surface area contributed by atoms with Crippen LogP contribution < -0.4 is 14.8 Å². The number of hydrogen-bond donors (Lipinski definition) is 1. The van der Waals surface area contributed by atoms with E-state index >= 15 is 0 Å². The first-order chi connectivity index (χ1) is 14.1. The van der Waals surface area contributed by atoms with Crippen LogP contribution in [-0.4, -0.2) is 48.6 Å². The van der Waals surface area contributed by atoms with E-state index in [4.69, 9.17) is 9.47 Å². The molecule has 2 aliphatic heterocycles. The Bertz CT molecular complexity index is 915. The standard InChI is InChI=1S/C23H24N2O4/c1-2-15-28-18-9-7-17(8-10-18)22(27)25-13-11-23(12-14-25)16-24-21(26)19-5-3-4-6-20(19)29-23/h2-10H,1,11-16H2,(H,24,26). The number of carbonyl (C=O) groups excluding carboxylic acids is 2. The van der Waals surface area contributed by atoms with Gasteiger partial charge in [-0.15, -0.1) is 0 Å². The summed E-state index contributed by atoms with van der Waals surface area (Å²) in [5.74, 6) is 1.20. The van der Waals surface area contributed by atoms with Crippen LogP contribution in [0.25, 0.3) is 0 Å². The zero-order valence-corrected chi connectivity index (χ0v) is 16.2. The molecule has 150 valence electrons. The molecule has 0 aliphatic carbocycles. The topological polar surface area (TPSA) is 67.9 Å². The maximum atomic E-state index is 12.9. The molecule has 2 amide bonds. The summed E-state index contributed by atoms with van der Waals surface area (Å²) in [6.07, 6.45) is 3.00. The minimum absolute atomic E-state index is 0.00632. The van der Waals surface area contributed by atoms with Gasteiger partial charge in [0.1, 0.15) is 23.7 Å². The zero-order valence-electron chi connectivity index (χ0n) is 16.2. The van der Waals surface area contributed by atoms with Crippen LogP contribution in [-0.2, 0) is 0 Å². The van der Waals surface area contributed by atoms with Crippen molar-refractivity contribution in [3.05, 3.63) is 72.3 Å². The lowest BCUT2D eigenvalue weighted by molar-refractivity contribution is 0.00771. The quantitative estimate of drug-likeness (QED) is 0.812. The first-order valence-electron chi connectivity index (χ1n) is 9.79. The van der Waals surface area contributed by atoms with E-state index in [9.17, 15) is 9.59 Å². The molecule has 0 atom stereocenters. The smallest absolute Gasteiger partial charge is 0.255 e. The Morgan fingerprint density at radius 2 is 1.90 bits per heavy atom. The largest absolute Gasteiger partial charge is 0.490 e. The summed E-state index contributed by atoms with van der Waals surface area (Å²) in [7, 11) is 0. The zero-order chi connectivity index (χ0) is 20.3. The molecule has 2 aliphatic rings. The molecule has 1 saturated heterocycles. The van der Waals surface area contributed by atoms with Gasteiger partial charge < -0.3 is 19.7 Å². The Hall–Kier alpha value is -3.28. The highest BCUT2D eigenvalue weighted by Gasteiger charge is 2.41. The Morgan fingerprint density at radius 3 is 2.62 bits per heavy atom. The van der Waals surface area contributed by atoms with Crippen molar-refractivity contribution in [2.24, 2.45) is 0 Å². The lowest BCUT2D eigenvalue weighted by Gasteiger charge is -2.41. The average molecular weight is 392 g/mol. The number of hydrogen-bond acceptors (Lipinski definition) is 4. The van der Waals surface area contributed by atoms with Gasteiger partial charge in [0.05, 0.1) is 12.1 Å². The number of benzene rings is 2. The number of amides is 2. The van der Waals surface area contributed by atoms with Crippen LogP contribution in [0.5, 0.6) is 11.5 Å². The average Bonchev–Trinajstić information content (AvgIpc) is 2.90. The van der Waals surface area contributed by atoms with Crippen LogP contribution in [0.2, 0.25) is 0 Å². The summed E-state index contributed by atoms with van der Waals surface area (Å²) in [5.41, 5.74) is 0.704. The molecule has 2 aromatic rings. The summed E-state index contributed by atoms with van der Waals surface area (Å²) in [6.45, 7) is 5.65. The van der Waals surface area contributed by atoms with Gasteiger partial charge in [-0.05, 0) is 36.4 Å². The Labute approximate surface area is 170 Å². The van der Waals surface area contributed by atoms with Crippen molar-refractivity contribution in [2.75, 3.05) is 26.2 Å². The van der Waals surface area contributed by atoms with Gasteiger partial charge >= 0.3 is 0 Å². The molecule has 0 radical (unpaired) electrons. The van der Waals surface area contributed by atoms with Crippen LogP contribution in [0, 0.1) is 0 Å². The fraction of sp³-hybridized carbons (Fsp3) is 0.304. The molecule has 0 bridgehead atoms. The number of fused-ring (bicyclic) bond motifs is 1. The molecule has 1 N–H and O–H groups in total. The highest BCUT2D eigenvalue weighted by molar-refractivity contribution is 5.97. The van der Waals surface area contributed by atoms with E-state index in [-0.39, 0.29) is 11.8 Å². The number of rotatable bonds is 4. The van der Waals surface area contributed by atoms with Gasteiger partial charge in [0.25, 0.3) is 11.8 Å². The van der Waals surface area contributed by atoms with Crippen LogP contribution in [0.1, 0.15) is 33.6 Å². The highest BCUT2D eigenvalue weighted by atomic mass is 16.5. The van der Waals surface area contributed by atoms with E-state index in [2.05, 4.69) is 11.9 Å². The third kappa shape index (κ3) is 3.97. The van der Waals surface area contributed by atoms with Crippen molar-refractivity contribution < 1.29 is 19.1 Å². The monoisotopic (exact) mass is 392 g/mol. The van der Waals surface area contributed by atoms with E-state index in [1.807, 2.05) is 23.1 Å². The third-order valence-electron chi connectivity index (χ3n) is 5.46. The number of nitrogens with zero attached hydrogens (tertiary/aromatic N) is 1. The fourth-order valence-electron chi connectivity index (χ4n) is 3.78. The van der Waals surface area contributed by atoms with Crippen molar-refractivity contribution >= 4 is 11.8 Å². The second kappa shape index (κ2) is 7.99. The van der Waals surface area contributed by atoms with E-state index in [0.717, 1.165) is 0 Å². The van der Waals surface area contributed by atoms with E-state index < -0.39 is 5.60 Å². The SMILES string of the molecule is C=CCOc1ccc(C(=O)N2CCC3(CC2)CNC(=O)c2ccccc2O3)cc1. The number of piperidine rings is 1. The molecule has 0 aromatic heterocycles. The van der Waals surface area contributed by atoms with Gasteiger partial charge in [-0.1, -0.05) is 24.8 Å². The van der Waals surface area contributed by atoms with Gasteiger partial charge in [0.2, 0.25) is 0 Å². The molecule has 2 heterocycles. The van der Waals surface area contributed by atoms with Crippen molar-refractivity contribution in [3.8, 4) is 11.5 Å². The van der Waals surface area contributed by atoms with E-state index in [1.54, 1.807) is 36.4 Å². The Morgan fingerprint density at radius 1 is 1.17 bits per heavy atom. The predicted molar refractivity (Wildman–Crippen MR) is 109 cm³/mol. The second-order valence-electron chi connectivity index (χ2n) is 7.38. The molecule has 6 heteroatoms. The van der Waals surface area contributed by atoms with E-state index in [0.29, 0.717) is 61.7 Å². The first-order valence-corrected chi connectivity index (χ1v) is 9.79. The lowest BCUT2D eigenvalue weighted by atomic mass is 9.90. The molecule has 0 saturated carbocycles. The number of carbonyl (C=O) groups is 2. The highest BCUT2D eigenvalue weighted by Crippen LogP contribution is 2.33. The van der Waals surface area contributed by atoms with Crippen molar-refractivity contribution in [1.29, 1.82) is 0 Å². The van der Waals surface area contributed by atoms with Gasteiger partial charge in [-0.2, -0.15) is 0 Å². The molecule has 2 aromatic carbocycles. The maximum absolute atomic E-state index is 12.9. The summed E-state index contributed by atoms with van der Waals surface area (Å²) in [4.78, 5) is 27.0. The van der Waals surface area contributed by atoms with Crippen LogP contribution in [0.15, 0.2) is 61.2 Å². The van der Waals surface area contributed by atoms with Gasteiger partial charge in [-0.3, -0.25) is 9.59 Å². The van der Waals surface area contributed by atoms with Crippen LogP contribution in [0.4, 0.5) is 0 Å². The van der Waals surface area contributed by atoms with Gasteiger partial charge in [-0.25, -0.2) is 0 Å². The number of likely N-dealkylation sites (tertiary alicyclic amines) is 1. The predicted octanol–water partition coefficient (Wildman–Crippen LogP) is 3.05. The van der Waals surface area contributed by atoms with Crippen molar-refractivity contribution in [2.45, 2.75) is 18.4 Å². The minimum atomic E-state index is -0.485. The first kappa shape index (κ1) is 19.1. The van der Waals surface area contributed by atoms with Crippen molar-refractivity contribution in [3.63, 3.8) is 0 Å². The number of nitrogens with one attached hydrogen (secondary N) is 1. The molecule has 0 unspecified atom stereocenters. The molecule has 1 fully saturated rings. The van der Waals surface area contributed by atoms with Crippen molar-refractivity contribution in [1.82, 2.24) is 10.2 Å². The molecule has 1 spiro atoms. The molecule has 4 rings (SSSR count). The fourth-order valence-corrected chi connectivity index (χ4v) is 3.78. The normalized spacial score (nSPS) is 17.5. The molecule has 6 nitrogen and oxygen atoms in total. The molecule has 29 heavy (non-hydrogen) atoms. The Balaban J connectivity index is 1.42. The third-order valence-corrected chi connectivity index (χ3v) is 5.46. The molecular weight excluding hydrogens is 368 g/mol. The van der Waals surface area contributed by atoms with Gasteiger partial charge in [0, 0.05) is 31.5 Å². The number of ether oxygens (including phenoxy) is 2. The maximum Gasteiger partial charge on any atom is 0.255 e. The summed E-state index contributed by atoms with van der Waals surface area (Å²) in [5, 5.41) is 2.97. The minimum Gasteiger partial charge on any atom is -0.490 e. The van der Waals surface area contributed by atoms with Crippen LogP contribution in [0.3, 0.4) is 0 Å². The number of para-hydroxylation sites is 1. The summed E-state index contributed by atoms with van der Waals surface area (Å²) in [6, 6.07) is 14.4. The molecular formula is C23H24N2O4.